The molecule has 1 N–H and O–H groups in total. The van der Waals surface area contributed by atoms with Gasteiger partial charge >= 0.3 is 5.97 Å². The summed E-state index contributed by atoms with van der Waals surface area (Å²) in [6.07, 6.45) is 17.5. The Morgan fingerprint density at radius 2 is 0.674 bits per heavy atom. The zero-order chi connectivity index (χ0) is 31.7. The summed E-state index contributed by atoms with van der Waals surface area (Å²) in [5.41, 5.74) is 1.87. The maximum absolute atomic E-state index is 11.4. The minimum absolute atomic E-state index is 0. The lowest BCUT2D eigenvalue weighted by Crippen LogP contribution is -2.28. The van der Waals surface area contributed by atoms with Crippen LogP contribution in [0.2, 0.25) is 0 Å². The molecular formula is C36H74N6O4. The number of hydrazone groups is 3. The van der Waals surface area contributed by atoms with Crippen LogP contribution >= 0.6 is 0 Å². The van der Waals surface area contributed by atoms with Crippen molar-refractivity contribution in [1.29, 1.82) is 0 Å². The first-order chi connectivity index (χ1) is 19.8. The molecule has 3 fully saturated rings. The topological polar surface area (TPSA) is 118 Å². The van der Waals surface area contributed by atoms with E-state index >= 15 is 0 Å². The van der Waals surface area contributed by atoms with Crippen LogP contribution in [0.15, 0.2) is 15.3 Å². The van der Waals surface area contributed by atoms with Crippen molar-refractivity contribution in [2.45, 2.75) is 140 Å². The first kappa shape index (κ1) is 50.1. The van der Waals surface area contributed by atoms with E-state index in [0.717, 1.165) is 62.8 Å². The summed E-state index contributed by atoms with van der Waals surface area (Å²) in [5, 5.41) is 26.7. The van der Waals surface area contributed by atoms with E-state index in [1.54, 1.807) is 43.0 Å². The molecule has 3 rings (SSSR count). The number of carbonyl (C=O) groups excluding carboxylic acids is 2. The third-order valence-corrected chi connectivity index (χ3v) is 7.84. The van der Waals surface area contributed by atoms with Gasteiger partial charge in [0.2, 0.25) is 0 Å². The minimum Gasteiger partial charge on any atom is -0.477 e. The Morgan fingerprint density at radius 1 is 0.457 bits per heavy atom. The molecule has 0 aromatic rings. The molecule has 0 aliphatic heterocycles. The third kappa shape index (κ3) is 20.4. The number of hydrogen-bond donors (Lipinski definition) is 1. The molecule has 0 heterocycles. The fraction of sp³-hybridized carbons (Fsp3) is 0.833. The molecule has 0 aromatic heterocycles. The highest BCUT2D eigenvalue weighted by molar-refractivity contribution is 6.40. The summed E-state index contributed by atoms with van der Waals surface area (Å²) in [6, 6.07) is 0. The van der Waals surface area contributed by atoms with E-state index in [4.69, 9.17) is 5.11 Å². The van der Waals surface area contributed by atoms with E-state index < -0.39 is 5.97 Å². The molecule has 10 nitrogen and oxygen atoms in total. The first-order valence-corrected chi connectivity index (χ1v) is 15.9. The number of ketones is 2. The third-order valence-electron chi connectivity index (χ3n) is 7.84. The minimum atomic E-state index is -0.870. The van der Waals surface area contributed by atoms with Gasteiger partial charge in [0.05, 0.1) is 0 Å². The maximum atomic E-state index is 11.4. The lowest BCUT2D eigenvalue weighted by molar-refractivity contribution is -0.129. The Morgan fingerprint density at radius 3 is 0.870 bits per heavy atom. The van der Waals surface area contributed by atoms with Crippen molar-refractivity contribution >= 4 is 34.7 Å². The van der Waals surface area contributed by atoms with E-state index in [2.05, 4.69) is 15.3 Å². The Balaban J connectivity index is -0.000000276. The number of aliphatic carboxylic acids is 1. The number of nitrogens with zero attached hydrogens (tertiary/aromatic N) is 6. The van der Waals surface area contributed by atoms with E-state index in [9.17, 15) is 14.4 Å². The lowest BCUT2D eigenvalue weighted by Gasteiger charge is -2.22. The van der Waals surface area contributed by atoms with Crippen LogP contribution < -0.4 is 0 Å². The molecule has 0 radical (unpaired) electrons. The maximum Gasteiger partial charge on any atom is 0.352 e. The Labute approximate surface area is 284 Å². The van der Waals surface area contributed by atoms with Gasteiger partial charge in [-0.25, -0.2) is 4.79 Å². The Bertz CT molecular complexity index is 806. The molecule has 10 heteroatoms. The van der Waals surface area contributed by atoms with Gasteiger partial charge in [0.15, 0.2) is 11.6 Å². The molecule has 0 unspecified atom stereocenters. The van der Waals surface area contributed by atoms with Crippen molar-refractivity contribution in [2.75, 3.05) is 42.3 Å². The number of rotatable bonds is 9. The Hall–Kier alpha value is -2.78. The van der Waals surface area contributed by atoms with Crippen LogP contribution in [-0.2, 0) is 14.4 Å². The summed E-state index contributed by atoms with van der Waals surface area (Å²) < 4.78 is 0. The largest absolute Gasteiger partial charge is 0.477 e. The highest BCUT2D eigenvalue weighted by Crippen LogP contribution is 2.27. The lowest BCUT2D eigenvalue weighted by atomic mass is 9.84. The van der Waals surface area contributed by atoms with Crippen molar-refractivity contribution in [2.24, 2.45) is 33.1 Å². The second-order valence-electron chi connectivity index (χ2n) is 12.4. The second kappa shape index (κ2) is 27.3. The predicted molar refractivity (Wildman–Crippen MR) is 199 cm³/mol. The van der Waals surface area contributed by atoms with Crippen LogP contribution in [-0.4, -0.2) is 97.1 Å². The SMILES string of the molecule is C.C.C.C.CC(=O)/C(=N\N(C)C)C1CCCCC1.CC(=O)C(=NN(C)C)C1CCCCC1.CN(C)/N=C(/C(=O)O)C1CCCCC1. The summed E-state index contributed by atoms with van der Waals surface area (Å²) in [7, 11) is 11.0. The predicted octanol–water partition coefficient (Wildman–Crippen LogP) is 8.26. The molecule has 272 valence electrons. The molecule has 0 bridgehead atoms. The molecular weight excluding hydrogens is 580 g/mol. The van der Waals surface area contributed by atoms with Crippen molar-refractivity contribution in [3.8, 4) is 0 Å². The van der Waals surface area contributed by atoms with Gasteiger partial charge in [-0.05, 0) is 38.5 Å². The number of Topliss-reactive ketones (excluding diaryl/α,β-unsaturated/α-hetero) is 2. The summed E-state index contributed by atoms with van der Waals surface area (Å²) in [6.45, 7) is 3.24. The van der Waals surface area contributed by atoms with Gasteiger partial charge < -0.3 is 20.1 Å². The van der Waals surface area contributed by atoms with Gasteiger partial charge in [-0.1, -0.05) is 87.5 Å². The Kier molecular flexibility index (Phi) is 29.8. The van der Waals surface area contributed by atoms with Crippen LogP contribution in [0.3, 0.4) is 0 Å². The van der Waals surface area contributed by atoms with Gasteiger partial charge in [0, 0.05) is 73.9 Å². The zero-order valence-electron chi connectivity index (χ0n) is 27.7. The normalized spacial score (nSPS) is 17.8. The van der Waals surface area contributed by atoms with Gasteiger partial charge in [-0.15, -0.1) is 0 Å². The van der Waals surface area contributed by atoms with Gasteiger partial charge in [-0.3, -0.25) is 9.59 Å². The van der Waals surface area contributed by atoms with Crippen molar-refractivity contribution in [3.05, 3.63) is 0 Å². The molecule has 46 heavy (non-hydrogen) atoms. The quantitative estimate of drug-likeness (QED) is 0.196. The van der Waals surface area contributed by atoms with E-state index in [1.807, 2.05) is 28.2 Å². The molecule has 0 spiro atoms. The van der Waals surface area contributed by atoms with Crippen LogP contribution in [0.4, 0.5) is 0 Å². The van der Waals surface area contributed by atoms with Gasteiger partial charge in [0.1, 0.15) is 17.1 Å². The van der Waals surface area contributed by atoms with E-state index in [0.29, 0.717) is 17.5 Å². The van der Waals surface area contributed by atoms with Crippen LogP contribution in [0.25, 0.3) is 0 Å². The molecule has 0 amide bonds. The highest BCUT2D eigenvalue weighted by Gasteiger charge is 2.25. The average molecular weight is 655 g/mol. The first-order valence-electron chi connectivity index (χ1n) is 15.9. The monoisotopic (exact) mass is 655 g/mol. The van der Waals surface area contributed by atoms with Gasteiger partial charge in [-0.2, -0.15) is 15.3 Å². The van der Waals surface area contributed by atoms with Crippen LogP contribution in [0.5, 0.6) is 0 Å². The van der Waals surface area contributed by atoms with Crippen molar-refractivity contribution in [3.63, 3.8) is 0 Å². The van der Waals surface area contributed by atoms with E-state index in [1.165, 1.54) is 44.9 Å². The van der Waals surface area contributed by atoms with Crippen molar-refractivity contribution in [1.82, 2.24) is 15.0 Å². The fourth-order valence-electron chi connectivity index (χ4n) is 5.95. The van der Waals surface area contributed by atoms with Gasteiger partial charge in [0.25, 0.3) is 0 Å². The average Bonchev–Trinajstić information content (AvgIpc) is 2.95. The number of carboxylic acid groups (broad SMARTS) is 1. The summed E-state index contributed by atoms with van der Waals surface area (Å²) in [4.78, 5) is 33.8. The number of hydrogen-bond acceptors (Lipinski definition) is 9. The number of carboxylic acids is 1. The smallest absolute Gasteiger partial charge is 0.352 e. The molecule has 3 aliphatic carbocycles. The zero-order valence-corrected chi connectivity index (χ0v) is 27.7. The summed E-state index contributed by atoms with van der Waals surface area (Å²) in [5.74, 6) is 0.359. The van der Waals surface area contributed by atoms with E-state index in [-0.39, 0.29) is 47.2 Å². The fourth-order valence-corrected chi connectivity index (χ4v) is 5.95. The summed E-state index contributed by atoms with van der Waals surface area (Å²) >= 11 is 0. The number of carbonyl (C=O) groups is 3. The molecule has 3 saturated carbocycles. The van der Waals surface area contributed by atoms with Crippen molar-refractivity contribution < 1.29 is 19.5 Å². The van der Waals surface area contributed by atoms with Crippen LogP contribution in [0, 0.1) is 17.8 Å². The molecule has 0 atom stereocenters. The standard InChI is InChI=1S/2C11H20N2O.C10H18N2O2.4CH4/c2*1-9(14)11(12-13(2)3)10-7-5-4-6-8-10;1-12(2)11-9(10(13)14)8-6-4-3-5-7-8;;;;/h2*10H,4-8H2,1-3H3;8H,3-7H2,1-2H3,(H,13,14);4*1H4/b12-11+;;11-9+;;;;. The second-order valence-corrected chi connectivity index (χ2v) is 12.4. The highest BCUT2D eigenvalue weighted by atomic mass is 16.4. The molecule has 0 saturated heterocycles. The van der Waals surface area contributed by atoms with Crippen LogP contribution in [0.1, 0.15) is 140 Å². The molecule has 3 aliphatic rings. The molecule has 0 aromatic carbocycles.